The normalized spacial score (nSPS) is 10.8. The van der Waals surface area contributed by atoms with Crippen molar-refractivity contribution in [2.45, 2.75) is 0 Å². The van der Waals surface area contributed by atoms with Gasteiger partial charge in [-0.25, -0.2) is 8.78 Å². The highest BCUT2D eigenvalue weighted by molar-refractivity contribution is 9.10. The van der Waals surface area contributed by atoms with Gasteiger partial charge in [-0.2, -0.15) is 0 Å². The van der Waals surface area contributed by atoms with Crippen LogP contribution in [0.4, 0.5) is 20.2 Å². The Morgan fingerprint density at radius 2 is 1.85 bits per heavy atom. The van der Waals surface area contributed by atoms with E-state index in [9.17, 15) is 8.78 Å². The summed E-state index contributed by atoms with van der Waals surface area (Å²) < 4.78 is 26.9. The minimum Gasteiger partial charge on any atom is -0.354 e. The fourth-order valence-electron chi connectivity index (χ4n) is 1.84. The summed E-state index contributed by atoms with van der Waals surface area (Å²) in [5, 5.41) is 3.01. The van der Waals surface area contributed by atoms with E-state index in [0.717, 1.165) is 16.6 Å². The molecule has 3 rings (SSSR count). The molecule has 0 aliphatic rings. The molecule has 20 heavy (non-hydrogen) atoms. The quantitative estimate of drug-likeness (QED) is 0.753. The molecule has 100 valence electrons. The van der Waals surface area contributed by atoms with Crippen molar-refractivity contribution in [1.82, 2.24) is 9.97 Å². The highest BCUT2D eigenvalue weighted by atomic mass is 79.9. The molecule has 0 atom stereocenters. The highest BCUT2D eigenvalue weighted by Crippen LogP contribution is 2.25. The highest BCUT2D eigenvalue weighted by Gasteiger charge is 2.07. The van der Waals surface area contributed by atoms with Gasteiger partial charge in [-0.05, 0) is 40.2 Å². The van der Waals surface area contributed by atoms with E-state index < -0.39 is 11.6 Å². The number of aromatic nitrogens is 2. The Morgan fingerprint density at radius 3 is 2.65 bits per heavy atom. The lowest BCUT2D eigenvalue weighted by Gasteiger charge is -2.09. The molecule has 0 saturated carbocycles. The Kier molecular flexibility index (Phi) is 3.31. The summed E-state index contributed by atoms with van der Waals surface area (Å²) in [5.74, 6) is -1.78. The lowest BCUT2D eigenvalue weighted by molar-refractivity contribution is 0.509. The third-order valence-electron chi connectivity index (χ3n) is 2.74. The van der Waals surface area contributed by atoms with Crippen LogP contribution in [0.2, 0.25) is 0 Å². The zero-order valence-electron chi connectivity index (χ0n) is 10.1. The standard InChI is InChI=1S/C14H8BrF2N3/c15-8-5-13-14(19-7-8)12(3-4-18-13)20-9-1-2-10(16)11(17)6-9/h1-7H,(H,18,20). The Bertz CT molecular complexity index is 792. The lowest BCUT2D eigenvalue weighted by atomic mass is 10.2. The fraction of sp³-hybridized carbons (Fsp3) is 0. The van der Waals surface area contributed by atoms with E-state index in [0.29, 0.717) is 22.4 Å². The minimum absolute atomic E-state index is 0.445. The molecule has 0 aliphatic heterocycles. The smallest absolute Gasteiger partial charge is 0.160 e. The molecule has 0 aliphatic carbocycles. The van der Waals surface area contributed by atoms with E-state index >= 15 is 0 Å². The maximum Gasteiger partial charge on any atom is 0.160 e. The third-order valence-corrected chi connectivity index (χ3v) is 3.18. The van der Waals surface area contributed by atoms with Crippen molar-refractivity contribution in [2.24, 2.45) is 0 Å². The van der Waals surface area contributed by atoms with Gasteiger partial charge in [-0.3, -0.25) is 9.97 Å². The number of benzene rings is 1. The van der Waals surface area contributed by atoms with Crippen LogP contribution >= 0.6 is 15.9 Å². The van der Waals surface area contributed by atoms with Crippen molar-refractivity contribution < 1.29 is 8.78 Å². The summed E-state index contributed by atoms with van der Waals surface area (Å²) in [5.41, 5.74) is 2.47. The predicted molar refractivity (Wildman–Crippen MR) is 76.9 cm³/mol. The van der Waals surface area contributed by atoms with Gasteiger partial charge in [0, 0.05) is 28.6 Å². The number of fused-ring (bicyclic) bond motifs is 1. The molecule has 1 aromatic carbocycles. The van der Waals surface area contributed by atoms with Crippen LogP contribution in [0.1, 0.15) is 0 Å². The SMILES string of the molecule is Fc1ccc(Nc2ccnc3cc(Br)cnc23)cc1F. The molecule has 2 heterocycles. The van der Waals surface area contributed by atoms with Gasteiger partial charge in [0.1, 0.15) is 5.52 Å². The maximum absolute atomic E-state index is 13.2. The van der Waals surface area contributed by atoms with Crippen LogP contribution in [0.25, 0.3) is 11.0 Å². The summed E-state index contributed by atoms with van der Waals surface area (Å²) in [6, 6.07) is 7.19. The summed E-state index contributed by atoms with van der Waals surface area (Å²) in [4.78, 5) is 8.49. The van der Waals surface area contributed by atoms with Crippen molar-refractivity contribution in [1.29, 1.82) is 0 Å². The molecule has 6 heteroatoms. The Balaban J connectivity index is 2.04. The number of pyridine rings is 2. The number of hydrogen-bond acceptors (Lipinski definition) is 3. The minimum atomic E-state index is -0.899. The first-order chi connectivity index (χ1) is 9.63. The van der Waals surface area contributed by atoms with Crippen molar-refractivity contribution in [3.63, 3.8) is 0 Å². The average molecular weight is 336 g/mol. The van der Waals surface area contributed by atoms with Crippen molar-refractivity contribution in [3.8, 4) is 0 Å². The summed E-state index contributed by atoms with van der Waals surface area (Å²) in [6.07, 6.45) is 3.28. The largest absolute Gasteiger partial charge is 0.354 e. The number of halogens is 3. The molecule has 3 nitrogen and oxygen atoms in total. The molecule has 0 radical (unpaired) electrons. The van der Waals surface area contributed by atoms with Crippen molar-refractivity contribution in [2.75, 3.05) is 5.32 Å². The number of hydrogen-bond donors (Lipinski definition) is 1. The molecular weight excluding hydrogens is 328 g/mol. The van der Waals surface area contributed by atoms with Gasteiger partial charge in [0.05, 0.1) is 11.2 Å². The van der Waals surface area contributed by atoms with Gasteiger partial charge in [0.25, 0.3) is 0 Å². The molecular formula is C14H8BrF2N3. The van der Waals surface area contributed by atoms with Crippen LogP contribution in [0.15, 0.2) is 47.2 Å². The first kappa shape index (κ1) is 12.9. The van der Waals surface area contributed by atoms with Crippen molar-refractivity contribution in [3.05, 3.63) is 58.8 Å². The van der Waals surface area contributed by atoms with E-state index in [4.69, 9.17) is 0 Å². The van der Waals surface area contributed by atoms with Gasteiger partial charge in [0.2, 0.25) is 0 Å². The molecule has 0 saturated heterocycles. The van der Waals surface area contributed by atoms with Gasteiger partial charge in [-0.15, -0.1) is 0 Å². The molecule has 0 unspecified atom stereocenters. The molecule has 0 fully saturated rings. The third kappa shape index (κ3) is 2.46. The first-order valence-electron chi connectivity index (χ1n) is 5.76. The lowest BCUT2D eigenvalue weighted by Crippen LogP contribution is -1.95. The summed E-state index contributed by atoms with van der Waals surface area (Å²) in [6.45, 7) is 0. The van der Waals surface area contributed by atoms with Crippen LogP contribution in [-0.4, -0.2) is 9.97 Å². The van der Waals surface area contributed by atoms with E-state index in [-0.39, 0.29) is 0 Å². The van der Waals surface area contributed by atoms with E-state index in [1.54, 1.807) is 18.5 Å². The summed E-state index contributed by atoms with van der Waals surface area (Å²) >= 11 is 3.33. The van der Waals surface area contributed by atoms with Crippen LogP contribution in [0.5, 0.6) is 0 Å². The van der Waals surface area contributed by atoms with Crippen LogP contribution < -0.4 is 5.32 Å². The Labute approximate surface area is 121 Å². The fourth-order valence-corrected chi connectivity index (χ4v) is 2.16. The van der Waals surface area contributed by atoms with Gasteiger partial charge >= 0.3 is 0 Å². The maximum atomic E-state index is 13.2. The average Bonchev–Trinajstić information content (AvgIpc) is 2.43. The van der Waals surface area contributed by atoms with E-state index in [2.05, 4.69) is 31.2 Å². The Morgan fingerprint density at radius 1 is 1.00 bits per heavy atom. The van der Waals surface area contributed by atoms with Gasteiger partial charge in [0.15, 0.2) is 11.6 Å². The molecule has 0 amide bonds. The van der Waals surface area contributed by atoms with E-state index in [1.807, 2.05) is 6.07 Å². The topological polar surface area (TPSA) is 37.8 Å². The zero-order chi connectivity index (χ0) is 14.1. The monoisotopic (exact) mass is 335 g/mol. The zero-order valence-corrected chi connectivity index (χ0v) is 11.7. The predicted octanol–water partition coefficient (Wildman–Crippen LogP) is 4.41. The number of nitrogens with zero attached hydrogens (tertiary/aromatic N) is 2. The first-order valence-corrected chi connectivity index (χ1v) is 6.55. The van der Waals surface area contributed by atoms with Crippen LogP contribution in [-0.2, 0) is 0 Å². The van der Waals surface area contributed by atoms with Gasteiger partial charge in [-0.1, -0.05) is 0 Å². The second kappa shape index (κ2) is 5.13. The van der Waals surface area contributed by atoms with Crippen LogP contribution in [0.3, 0.4) is 0 Å². The van der Waals surface area contributed by atoms with E-state index in [1.165, 1.54) is 6.07 Å². The summed E-state index contributed by atoms with van der Waals surface area (Å²) in [7, 11) is 0. The molecule has 0 bridgehead atoms. The van der Waals surface area contributed by atoms with Crippen molar-refractivity contribution >= 4 is 38.3 Å². The number of rotatable bonds is 2. The number of anilines is 2. The number of nitrogens with one attached hydrogen (secondary N) is 1. The molecule has 3 aromatic rings. The van der Waals surface area contributed by atoms with Gasteiger partial charge < -0.3 is 5.32 Å². The molecule has 2 aromatic heterocycles. The molecule has 1 N–H and O–H groups in total. The van der Waals surface area contributed by atoms with Crippen LogP contribution in [0, 0.1) is 11.6 Å². The Hall–Kier alpha value is -2.08. The second-order valence-electron chi connectivity index (χ2n) is 4.13. The molecule has 0 spiro atoms. The second-order valence-corrected chi connectivity index (χ2v) is 5.05.